The minimum atomic E-state index is -4.68. The molecule has 1 aliphatic heterocycles. The summed E-state index contributed by atoms with van der Waals surface area (Å²) in [7, 11) is 0. The van der Waals surface area contributed by atoms with E-state index in [1.807, 2.05) is 13.8 Å². The molecule has 24 heavy (non-hydrogen) atoms. The maximum Gasteiger partial charge on any atom is 0.419 e. The van der Waals surface area contributed by atoms with Gasteiger partial charge in [-0.25, -0.2) is 4.98 Å². The van der Waals surface area contributed by atoms with Gasteiger partial charge in [-0.15, -0.1) is 0 Å². The predicted molar refractivity (Wildman–Crippen MR) is 76.3 cm³/mol. The van der Waals surface area contributed by atoms with Crippen molar-refractivity contribution in [3.8, 4) is 6.07 Å². The zero-order chi connectivity index (χ0) is 18.5. The molecule has 2 rings (SSSR count). The Morgan fingerprint density at radius 1 is 1.12 bits per heavy atom. The van der Waals surface area contributed by atoms with Gasteiger partial charge in [-0.1, -0.05) is 13.8 Å². The van der Waals surface area contributed by atoms with E-state index in [0.29, 0.717) is 6.20 Å². The fourth-order valence-corrected chi connectivity index (χ4v) is 2.43. The molecule has 0 N–H and O–H groups in total. The molecule has 0 aromatic carbocycles. The molecular weight excluding hydrogens is 336 g/mol. The first kappa shape index (κ1) is 20.1. The molecule has 3 nitrogen and oxygen atoms in total. The second-order valence-corrected chi connectivity index (χ2v) is 5.00. The smallest absolute Gasteiger partial charge is 0.371 e. The number of alkyl halides is 6. The molecule has 2 heterocycles. The molecule has 1 aromatic rings. The molecule has 0 unspecified atom stereocenters. The van der Waals surface area contributed by atoms with Crippen LogP contribution in [0.5, 0.6) is 0 Å². The van der Waals surface area contributed by atoms with Crippen LogP contribution in [-0.4, -0.2) is 24.2 Å². The van der Waals surface area contributed by atoms with Crippen LogP contribution >= 0.6 is 0 Å². The van der Waals surface area contributed by atoms with Crippen LogP contribution in [0, 0.1) is 17.2 Å². The lowest BCUT2D eigenvalue weighted by atomic mass is 9.95. The molecule has 134 valence electrons. The van der Waals surface area contributed by atoms with Crippen molar-refractivity contribution in [2.75, 3.05) is 18.0 Å². The zero-order valence-electron chi connectivity index (χ0n) is 13.2. The number of anilines is 1. The number of hydrogen-bond donors (Lipinski definition) is 0. The zero-order valence-corrected chi connectivity index (χ0v) is 13.2. The Morgan fingerprint density at radius 2 is 1.67 bits per heavy atom. The third kappa shape index (κ3) is 4.76. The Balaban J connectivity index is 0.00000139. The first-order chi connectivity index (χ1) is 11.1. The predicted octanol–water partition coefficient (Wildman–Crippen LogP) is 4.78. The SMILES string of the molecule is CC.N#Cc1cc(N2CCC(C(F)(F)F)CC2)c(C(F)(F)F)cn1. The van der Waals surface area contributed by atoms with Crippen LogP contribution in [0.3, 0.4) is 0 Å². The summed E-state index contributed by atoms with van der Waals surface area (Å²) in [6, 6.07) is 2.60. The molecule has 0 bridgehead atoms. The van der Waals surface area contributed by atoms with Crippen LogP contribution in [0.25, 0.3) is 0 Å². The summed E-state index contributed by atoms with van der Waals surface area (Å²) in [6.45, 7) is 3.70. The Bertz CT molecular complexity index is 580. The number of rotatable bonds is 1. The van der Waals surface area contributed by atoms with Gasteiger partial charge in [0.2, 0.25) is 0 Å². The average Bonchev–Trinajstić information content (AvgIpc) is 2.54. The monoisotopic (exact) mass is 353 g/mol. The van der Waals surface area contributed by atoms with Crippen molar-refractivity contribution in [1.29, 1.82) is 5.26 Å². The molecule has 0 amide bonds. The van der Waals surface area contributed by atoms with Crippen LogP contribution in [0.1, 0.15) is 37.9 Å². The maximum atomic E-state index is 13.0. The number of nitrogens with zero attached hydrogens (tertiary/aromatic N) is 3. The molecule has 1 saturated heterocycles. The summed E-state index contributed by atoms with van der Waals surface area (Å²) < 4.78 is 76.7. The molecule has 1 aliphatic rings. The fourth-order valence-electron chi connectivity index (χ4n) is 2.43. The Labute approximate surface area is 135 Å². The van der Waals surface area contributed by atoms with E-state index in [0.717, 1.165) is 6.07 Å². The van der Waals surface area contributed by atoms with Gasteiger partial charge in [0.15, 0.2) is 0 Å². The number of aromatic nitrogens is 1. The normalized spacial score (nSPS) is 16.2. The van der Waals surface area contributed by atoms with Gasteiger partial charge in [-0.3, -0.25) is 0 Å². The summed E-state index contributed by atoms with van der Waals surface area (Å²) in [5.41, 5.74) is -1.54. The second-order valence-electron chi connectivity index (χ2n) is 5.00. The highest BCUT2D eigenvalue weighted by Crippen LogP contribution is 2.40. The van der Waals surface area contributed by atoms with Gasteiger partial charge in [0.05, 0.1) is 17.2 Å². The summed E-state index contributed by atoms with van der Waals surface area (Å²) in [6.07, 6.45) is -9.02. The highest BCUT2D eigenvalue weighted by Gasteiger charge is 2.42. The lowest BCUT2D eigenvalue weighted by molar-refractivity contribution is -0.179. The lowest BCUT2D eigenvalue weighted by Crippen LogP contribution is -2.39. The van der Waals surface area contributed by atoms with E-state index in [4.69, 9.17) is 5.26 Å². The van der Waals surface area contributed by atoms with Gasteiger partial charge in [0.1, 0.15) is 11.8 Å². The first-order valence-corrected chi connectivity index (χ1v) is 7.42. The number of hydrogen-bond acceptors (Lipinski definition) is 3. The maximum absolute atomic E-state index is 13.0. The summed E-state index contributed by atoms with van der Waals surface area (Å²) in [4.78, 5) is 4.62. The first-order valence-electron chi connectivity index (χ1n) is 7.42. The topological polar surface area (TPSA) is 39.9 Å². The third-order valence-electron chi connectivity index (χ3n) is 3.60. The third-order valence-corrected chi connectivity index (χ3v) is 3.60. The molecule has 0 atom stereocenters. The van der Waals surface area contributed by atoms with Crippen molar-refractivity contribution in [3.05, 3.63) is 23.5 Å². The van der Waals surface area contributed by atoms with Crippen molar-refractivity contribution in [1.82, 2.24) is 4.98 Å². The van der Waals surface area contributed by atoms with E-state index in [1.54, 1.807) is 6.07 Å². The average molecular weight is 353 g/mol. The van der Waals surface area contributed by atoms with Crippen LogP contribution in [-0.2, 0) is 6.18 Å². The number of pyridine rings is 1. The van der Waals surface area contributed by atoms with Gasteiger partial charge in [-0.05, 0) is 18.9 Å². The van der Waals surface area contributed by atoms with Gasteiger partial charge in [0, 0.05) is 19.3 Å². The Hall–Kier alpha value is -1.98. The molecule has 0 radical (unpaired) electrons. The summed E-state index contributed by atoms with van der Waals surface area (Å²) in [5, 5.41) is 8.74. The van der Waals surface area contributed by atoms with E-state index < -0.39 is 23.8 Å². The minimum Gasteiger partial charge on any atom is -0.371 e. The van der Waals surface area contributed by atoms with E-state index in [1.165, 1.54) is 4.90 Å². The van der Waals surface area contributed by atoms with Crippen molar-refractivity contribution in [3.63, 3.8) is 0 Å². The molecule has 0 aliphatic carbocycles. The van der Waals surface area contributed by atoms with E-state index in [2.05, 4.69) is 4.98 Å². The van der Waals surface area contributed by atoms with E-state index >= 15 is 0 Å². The van der Waals surface area contributed by atoms with Crippen LogP contribution in [0.2, 0.25) is 0 Å². The molecular formula is C15H17F6N3. The second kappa shape index (κ2) is 7.73. The number of halogens is 6. The van der Waals surface area contributed by atoms with Gasteiger partial charge in [-0.2, -0.15) is 31.6 Å². The molecule has 0 saturated carbocycles. The number of nitriles is 1. The minimum absolute atomic E-state index is 0.151. The highest BCUT2D eigenvalue weighted by atomic mass is 19.4. The Kier molecular flexibility index (Phi) is 6.46. The summed E-state index contributed by atoms with van der Waals surface area (Å²) >= 11 is 0. The van der Waals surface area contributed by atoms with Gasteiger partial charge in [0.25, 0.3) is 0 Å². The highest BCUT2D eigenvalue weighted by molar-refractivity contribution is 5.56. The lowest BCUT2D eigenvalue weighted by Gasteiger charge is -2.35. The summed E-state index contributed by atoms with van der Waals surface area (Å²) in [5.74, 6) is -1.50. The number of piperidine rings is 1. The molecule has 1 fully saturated rings. The molecule has 0 spiro atoms. The van der Waals surface area contributed by atoms with Crippen LogP contribution < -0.4 is 4.90 Å². The quantitative estimate of drug-likeness (QED) is 0.683. The van der Waals surface area contributed by atoms with Crippen molar-refractivity contribution >= 4 is 5.69 Å². The largest absolute Gasteiger partial charge is 0.419 e. The van der Waals surface area contributed by atoms with E-state index in [9.17, 15) is 26.3 Å². The van der Waals surface area contributed by atoms with Crippen molar-refractivity contribution < 1.29 is 26.3 Å². The van der Waals surface area contributed by atoms with Crippen molar-refractivity contribution in [2.45, 2.75) is 39.0 Å². The fraction of sp³-hybridized carbons (Fsp3) is 0.600. The van der Waals surface area contributed by atoms with Crippen LogP contribution in [0.4, 0.5) is 32.0 Å². The molecule has 9 heteroatoms. The van der Waals surface area contributed by atoms with Crippen molar-refractivity contribution in [2.24, 2.45) is 5.92 Å². The van der Waals surface area contributed by atoms with Gasteiger partial charge < -0.3 is 4.90 Å². The van der Waals surface area contributed by atoms with Gasteiger partial charge >= 0.3 is 12.4 Å². The standard InChI is InChI=1S/C13H11F6N3.C2H6/c14-12(15,16)8-1-3-22(4-2-8)11-5-9(6-20)21-7-10(11)13(17,18)19;1-2/h5,7-8H,1-4H2;1-2H3. The Morgan fingerprint density at radius 3 is 2.08 bits per heavy atom. The van der Waals surface area contributed by atoms with Crippen LogP contribution in [0.15, 0.2) is 12.3 Å². The molecule has 1 aromatic heterocycles. The van der Waals surface area contributed by atoms with E-state index in [-0.39, 0.29) is 37.3 Å².